The molecule has 110 valence electrons. The van der Waals surface area contributed by atoms with Gasteiger partial charge in [-0.25, -0.2) is 4.79 Å². The van der Waals surface area contributed by atoms with Crippen LogP contribution in [0.25, 0.3) is 0 Å². The Balaban J connectivity index is 2.03. The highest BCUT2D eigenvalue weighted by Gasteiger charge is 2.19. The highest BCUT2D eigenvalue weighted by Crippen LogP contribution is 2.26. The van der Waals surface area contributed by atoms with Crippen LogP contribution in [-0.4, -0.2) is 28.3 Å². The van der Waals surface area contributed by atoms with Crippen molar-refractivity contribution in [3.8, 4) is 0 Å². The van der Waals surface area contributed by atoms with Crippen LogP contribution in [0.4, 0.5) is 5.69 Å². The Kier molecular flexibility index (Phi) is 5.01. The van der Waals surface area contributed by atoms with E-state index in [2.05, 4.69) is 21.2 Å². The van der Waals surface area contributed by atoms with Crippen LogP contribution in [0.15, 0.2) is 16.6 Å². The summed E-state index contributed by atoms with van der Waals surface area (Å²) in [6.07, 6.45) is 3.31. The molecule has 5 nitrogen and oxygen atoms in total. The van der Waals surface area contributed by atoms with Gasteiger partial charge in [-0.15, -0.1) is 0 Å². The zero-order valence-electron chi connectivity index (χ0n) is 11.1. The lowest BCUT2D eigenvalue weighted by molar-refractivity contribution is 0.0696. The number of hydrogen-bond acceptors (Lipinski definition) is 4. The molecule has 0 unspecified atom stereocenters. The Bertz CT molecular complexity index is 499. The molecule has 0 heterocycles. The largest absolute Gasteiger partial charge is 0.478 e. The van der Waals surface area contributed by atoms with E-state index >= 15 is 0 Å². The Morgan fingerprint density at radius 1 is 1.35 bits per heavy atom. The highest BCUT2D eigenvalue weighted by molar-refractivity contribution is 9.10. The summed E-state index contributed by atoms with van der Waals surface area (Å²) < 4.78 is 0.605. The normalized spacial score (nSPS) is 22.7. The molecule has 0 aliphatic heterocycles. The second kappa shape index (κ2) is 6.56. The van der Waals surface area contributed by atoms with Gasteiger partial charge in [0.15, 0.2) is 0 Å². The second-order valence-electron chi connectivity index (χ2n) is 5.22. The van der Waals surface area contributed by atoms with Crippen LogP contribution >= 0.6 is 15.9 Å². The van der Waals surface area contributed by atoms with Crippen molar-refractivity contribution >= 4 is 27.6 Å². The van der Waals surface area contributed by atoms with Crippen LogP contribution < -0.4 is 11.1 Å². The van der Waals surface area contributed by atoms with Crippen LogP contribution in [0.1, 0.15) is 41.6 Å². The molecule has 0 aromatic heterocycles. The molecule has 0 saturated heterocycles. The van der Waals surface area contributed by atoms with E-state index in [4.69, 9.17) is 10.8 Å². The van der Waals surface area contributed by atoms with Gasteiger partial charge in [0.25, 0.3) is 0 Å². The number of anilines is 1. The third kappa shape index (κ3) is 3.71. The summed E-state index contributed by atoms with van der Waals surface area (Å²) in [5.41, 5.74) is 7.54. The van der Waals surface area contributed by atoms with Crippen LogP contribution in [0, 0.1) is 0 Å². The summed E-state index contributed by atoms with van der Waals surface area (Å²) in [5.74, 6) is -0.965. The minimum absolute atomic E-state index is 0.178. The number of benzene rings is 1. The Labute approximate surface area is 126 Å². The van der Waals surface area contributed by atoms with Gasteiger partial charge in [-0.05, 0) is 59.3 Å². The molecule has 5 N–H and O–H groups in total. The fourth-order valence-electron chi connectivity index (χ4n) is 2.48. The van der Waals surface area contributed by atoms with Crippen molar-refractivity contribution in [1.82, 2.24) is 5.32 Å². The van der Waals surface area contributed by atoms with Crippen LogP contribution in [-0.2, 0) is 6.54 Å². The molecule has 20 heavy (non-hydrogen) atoms. The molecule has 0 bridgehead atoms. The Morgan fingerprint density at radius 3 is 2.60 bits per heavy atom. The van der Waals surface area contributed by atoms with Crippen LogP contribution in [0.3, 0.4) is 0 Å². The average Bonchev–Trinajstić information content (AvgIpc) is 2.42. The Morgan fingerprint density at radius 2 is 2.00 bits per heavy atom. The summed E-state index contributed by atoms with van der Waals surface area (Å²) in [4.78, 5) is 11.0. The predicted octanol–water partition coefficient (Wildman–Crippen LogP) is 2.12. The maximum absolute atomic E-state index is 11.0. The lowest BCUT2D eigenvalue weighted by Gasteiger charge is -2.26. The minimum Gasteiger partial charge on any atom is -0.478 e. The van der Waals surface area contributed by atoms with Crippen molar-refractivity contribution in [2.75, 3.05) is 5.73 Å². The number of aliphatic hydroxyl groups is 1. The number of nitrogens with one attached hydrogen (secondary N) is 1. The van der Waals surface area contributed by atoms with E-state index < -0.39 is 5.97 Å². The van der Waals surface area contributed by atoms with Crippen molar-refractivity contribution in [2.45, 2.75) is 44.4 Å². The summed E-state index contributed by atoms with van der Waals surface area (Å²) in [6, 6.07) is 3.47. The van der Waals surface area contributed by atoms with Gasteiger partial charge in [-0.1, -0.05) is 0 Å². The smallest absolute Gasteiger partial charge is 0.335 e. The van der Waals surface area contributed by atoms with Crippen molar-refractivity contribution in [3.05, 3.63) is 27.7 Å². The lowest BCUT2D eigenvalue weighted by Crippen LogP contribution is -2.34. The van der Waals surface area contributed by atoms with Crippen LogP contribution in [0.2, 0.25) is 0 Å². The molecule has 1 aromatic carbocycles. The zero-order chi connectivity index (χ0) is 14.7. The van der Waals surface area contributed by atoms with E-state index in [-0.39, 0.29) is 11.7 Å². The van der Waals surface area contributed by atoms with Gasteiger partial charge >= 0.3 is 5.97 Å². The number of nitrogen functional groups attached to an aromatic ring is 1. The number of hydrogen-bond donors (Lipinski definition) is 4. The first-order valence-corrected chi connectivity index (χ1v) is 7.49. The number of aliphatic hydroxyl groups excluding tert-OH is 1. The van der Waals surface area contributed by atoms with Gasteiger partial charge < -0.3 is 21.3 Å². The molecule has 1 aliphatic carbocycles. The maximum Gasteiger partial charge on any atom is 0.335 e. The topological polar surface area (TPSA) is 95.6 Å². The Hall–Kier alpha value is -1.11. The highest BCUT2D eigenvalue weighted by atomic mass is 79.9. The molecule has 0 spiro atoms. The fraction of sp³-hybridized carbons (Fsp3) is 0.500. The van der Waals surface area contributed by atoms with E-state index in [0.717, 1.165) is 31.2 Å². The van der Waals surface area contributed by atoms with Crippen molar-refractivity contribution < 1.29 is 15.0 Å². The molecule has 2 rings (SSSR count). The summed E-state index contributed by atoms with van der Waals surface area (Å²) >= 11 is 3.29. The number of carbonyl (C=O) groups is 1. The number of aromatic carboxylic acids is 1. The van der Waals surface area contributed by atoms with Crippen molar-refractivity contribution in [1.29, 1.82) is 0 Å². The molecule has 1 aliphatic rings. The molecule has 0 radical (unpaired) electrons. The third-order valence-corrected chi connectivity index (χ3v) is 4.40. The number of carboxylic acids is 1. The van der Waals surface area contributed by atoms with E-state index in [1.54, 1.807) is 6.07 Å². The standard InChI is InChI=1S/C14H19BrN2O3/c15-12-6-8(14(19)20)5-9(13(12)16)7-17-10-1-3-11(18)4-2-10/h5-6,10-11,17-18H,1-4,7,16H2,(H,19,20). The van der Waals surface area contributed by atoms with E-state index in [9.17, 15) is 9.90 Å². The SMILES string of the molecule is Nc1c(Br)cc(C(=O)O)cc1CNC1CCC(O)CC1. The maximum atomic E-state index is 11.0. The van der Waals surface area contributed by atoms with Crippen LogP contribution in [0.5, 0.6) is 0 Å². The minimum atomic E-state index is -0.965. The first-order valence-electron chi connectivity index (χ1n) is 6.70. The second-order valence-corrected chi connectivity index (χ2v) is 6.08. The molecule has 0 amide bonds. The number of nitrogens with two attached hydrogens (primary N) is 1. The number of rotatable bonds is 4. The van der Waals surface area contributed by atoms with E-state index in [1.807, 2.05) is 0 Å². The quantitative estimate of drug-likeness (QED) is 0.628. The molecular formula is C14H19BrN2O3. The van der Waals surface area contributed by atoms with Gasteiger partial charge in [0, 0.05) is 17.1 Å². The zero-order valence-corrected chi connectivity index (χ0v) is 12.7. The summed E-state index contributed by atoms with van der Waals surface area (Å²) in [5, 5.41) is 21.9. The molecule has 1 aromatic rings. The molecule has 6 heteroatoms. The fourth-order valence-corrected chi connectivity index (χ4v) is 2.98. The summed E-state index contributed by atoms with van der Waals surface area (Å²) in [7, 11) is 0. The van der Waals surface area contributed by atoms with Gasteiger partial charge in [-0.3, -0.25) is 0 Å². The lowest BCUT2D eigenvalue weighted by atomic mass is 9.93. The molecule has 1 saturated carbocycles. The van der Waals surface area contributed by atoms with Gasteiger partial charge in [0.05, 0.1) is 17.4 Å². The van der Waals surface area contributed by atoms with Gasteiger partial charge in [0.2, 0.25) is 0 Å². The molecular weight excluding hydrogens is 324 g/mol. The van der Waals surface area contributed by atoms with Crippen molar-refractivity contribution in [3.63, 3.8) is 0 Å². The van der Waals surface area contributed by atoms with Gasteiger partial charge in [-0.2, -0.15) is 0 Å². The molecule has 1 fully saturated rings. The first kappa shape index (κ1) is 15.3. The number of carboxylic acid groups (broad SMARTS) is 1. The van der Waals surface area contributed by atoms with Crippen molar-refractivity contribution in [2.24, 2.45) is 0 Å². The first-order chi connectivity index (χ1) is 9.47. The predicted molar refractivity (Wildman–Crippen MR) is 80.6 cm³/mol. The van der Waals surface area contributed by atoms with E-state index in [0.29, 0.717) is 22.7 Å². The van der Waals surface area contributed by atoms with Gasteiger partial charge in [0.1, 0.15) is 0 Å². The molecule has 0 atom stereocenters. The number of halogens is 1. The third-order valence-electron chi connectivity index (χ3n) is 3.74. The summed E-state index contributed by atoms with van der Waals surface area (Å²) in [6.45, 7) is 0.534. The van der Waals surface area contributed by atoms with E-state index in [1.165, 1.54) is 6.07 Å². The average molecular weight is 343 g/mol. The monoisotopic (exact) mass is 342 g/mol.